The van der Waals surface area contributed by atoms with Crippen LogP contribution in [0.3, 0.4) is 0 Å². The zero-order valence-electron chi connectivity index (χ0n) is 12.8. The summed E-state index contributed by atoms with van der Waals surface area (Å²) in [6.45, 7) is 0.328. The zero-order chi connectivity index (χ0) is 17.8. The van der Waals surface area contributed by atoms with E-state index in [9.17, 15) is 4.39 Å². The predicted molar refractivity (Wildman–Crippen MR) is 104 cm³/mol. The van der Waals surface area contributed by atoms with Crippen molar-refractivity contribution in [2.45, 2.75) is 6.54 Å². The molecule has 4 nitrogen and oxygen atoms in total. The molecule has 0 unspecified atom stereocenters. The van der Waals surface area contributed by atoms with Gasteiger partial charge in [0.2, 0.25) is 0 Å². The van der Waals surface area contributed by atoms with Crippen LogP contribution in [0.25, 0.3) is 0 Å². The Kier molecular flexibility index (Phi) is 5.53. The van der Waals surface area contributed by atoms with Crippen LogP contribution in [0, 0.1) is 5.82 Å². The molecule has 1 aromatic heterocycles. The molecule has 8 heteroatoms. The van der Waals surface area contributed by atoms with Gasteiger partial charge in [0.1, 0.15) is 5.82 Å². The fraction of sp³-hybridized carbons (Fsp3) is 0.0588. The van der Waals surface area contributed by atoms with Crippen LogP contribution < -0.4 is 10.6 Å². The second-order valence-corrected chi connectivity index (χ2v) is 6.45. The van der Waals surface area contributed by atoms with Gasteiger partial charge in [-0.1, -0.05) is 41.4 Å². The molecule has 0 fully saturated rings. The third kappa shape index (κ3) is 4.69. The Hall–Kier alpha value is -2.15. The Morgan fingerprint density at radius 1 is 1.12 bits per heavy atom. The van der Waals surface area contributed by atoms with Crippen molar-refractivity contribution in [2.75, 3.05) is 10.6 Å². The van der Waals surface area contributed by atoms with Gasteiger partial charge < -0.3 is 10.6 Å². The highest BCUT2D eigenvalue weighted by Crippen LogP contribution is 2.25. The minimum atomic E-state index is -0.264. The molecule has 2 aromatic carbocycles. The normalized spacial score (nSPS) is 10.5. The maximum atomic E-state index is 13.7. The van der Waals surface area contributed by atoms with E-state index in [1.165, 1.54) is 6.07 Å². The van der Waals surface area contributed by atoms with E-state index < -0.39 is 0 Å². The molecule has 0 aliphatic rings. The van der Waals surface area contributed by atoms with Gasteiger partial charge in [-0.2, -0.15) is 5.10 Å². The SMILES string of the molecule is Fc1ccccc1Cn1ccc(NC(=S)Nc2cc(Cl)ccc2Cl)n1. The summed E-state index contributed by atoms with van der Waals surface area (Å²) in [6.07, 6.45) is 1.74. The summed E-state index contributed by atoms with van der Waals surface area (Å²) in [4.78, 5) is 0. The van der Waals surface area contributed by atoms with Crippen LogP contribution in [-0.2, 0) is 6.54 Å². The number of aromatic nitrogens is 2. The van der Waals surface area contributed by atoms with Crippen molar-refractivity contribution in [3.8, 4) is 0 Å². The number of anilines is 2. The number of nitrogens with one attached hydrogen (secondary N) is 2. The monoisotopic (exact) mass is 394 g/mol. The molecular weight excluding hydrogens is 382 g/mol. The molecule has 0 aliphatic carbocycles. The number of thiocarbonyl (C=S) groups is 1. The molecular formula is C17H13Cl2FN4S. The van der Waals surface area contributed by atoms with Gasteiger partial charge in [0.25, 0.3) is 0 Å². The molecule has 0 atom stereocenters. The number of benzene rings is 2. The standard InChI is InChI=1S/C17H13Cl2FN4S/c18-12-5-6-13(19)15(9-12)21-17(25)22-16-7-8-24(23-16)10-11-3-1-2-4-14(11)20/h1-9H,10H2,(H2,21,22,23,25). The molecule has 0 aliphatic heterocycles. The summed E-state index contributed by atoms with van der Waals surface area (Å²) in [5, 5.41) is 11.6. The average Bonchev–Trinajstić information content (AvgIpc) is 3.00. The Morgan fingerprint density at radius 3 is 2.72 bits per heavy atom. The number of halogens is 3. The third-order valence-electron chi connectivity index (χ3n) is 3.35. The van der Waals surface area contributed by atoms with E-state index in [-0.39, 0.29) is 5.82 Å². The van der Waals surface area contributed by atoms with Gasteiger partial charge in [-0.15, -0.1) is 0 Å². The molecule has 3 aromatic rings. The van der Waals surface area contributed by atoms with Crippen LogP contribution in [0.2, 0.25) is 10.0 Å². The topological polar surface area (TPSA) is 41.9 Å². The van der Waals surface area contributed by atoms with Crippen LogP contribution in [-0.4, -0.2) is 14.9 Å². The summed E-state index contributed by atoms with van der Waals surface area (Å²) in [7, 11) is 0. The van der Waals surface area contributed by atoms with Crippen molar-refractivity contribution in [1.82, 2.24) is 9.78 Å². The lowest BCUT2D eigenvalue weighted by Gasteiger charge is -2.10. The Balaban J connectivity index is 1.64. The smallest absolute Gasteiger partial charge is 0.176 e. The molecule has 3 rings (SSSR count). The molecule has 128 valence electrons. The van der Waals surface area contributed by atoms with Crippen molar-refractivity contribution >= 4 is 52.0 Å². The highest BCUT2D eigenvalue weighted by molar-refractivity contribution is 7.80. The Morgan fingerprint density at radius 2 is 1.92 bits per heavy atom. The Bertz CT molecular complexity index is 913. The first-order chi connectivity index (χ1) is 12.0. The van der Waals surface area contributed by atoms with Crippen molar-refractivity contribution in [1.29, 1.82) is 0 Å². The molecule has 0 saturated carbocycles. The number of nitrogens with zero attached hydrogens (tertiary/aromatic N) is 2. The minimum absolute atomic E-state index is 0.264. The molecule has 0 saturated heterocycles. The lowest BCUT2D eigenvalue weighted by molar-refractivity contribution is 0.586. The first-order valence-corrected chi connectivity index (χ1v) is 8.47. The zero-order valence-corrected chi connectivity index (χ0v) is 15.2. The number of hydrogen-bond acceptors (Lipinski definition) is 2. The summed E-state index contributed by atoms with van der Waals surface area (Å²) < 4.78 is 15.3. The molecule has 0 bridgehead atoms. The highest BCUT2D eigenvalue weighted by atomic mass is 35.5. The van der Waals surface area contributed by atoms with Crippen molar-refractivity contribution < 1.29 is 4.39 Å². The summed E-state index contributed by atoms with van der Waals surface area (Å²) in [5.74, 6) is 0.271. The lowest BCUT2D eigenvalue weighted by Crippen LogP contribution is -2.19. The third-order valence-corrected chi connectivity index (χ3v) is 4.12. The van der Waals surface area contributed by atoms with E-state index in [2.05, 4.69) is 15.7 Å². The molecule has 2 N–H and O–H groups in total. The summed E-state index contributed by atoms with van der Waals surface area (Å²) in [6, 6.07) is 13.4. The summed E-state index contributed by atoms with van der Waals surface area (Å²) in [5.41, 5.74) is 1.15. The minimum Gasteiger partial charge on any atom is -0.331 e. The van der Waals surface area contributed by atoms with E-state index in [1.807, 2.05) is 0 Å². The van der Waals surface area contributed by atoms with Gasteiger partial charge in [-0.3, -0.25) is 4.68 Å². The predicted octanol–water partition coefficient (Wildman–Crippen LogP) is 5.19. The number of rotatable bonds is 4. The van der Waals surface area contributed by atoms with Gasteiger partial charge in [0.15, 0.2) is 10.9 Å². The molecule has 1 heterocycles. The lowest BCUT2D eigenvalue weighted by atomic mass is 10.2. The van der Waals surface area contributed by atoms with Crippen LogP contribution in [0.5, 0.6) is 0 Å². The summed E-state index contributed by atoms with van der Waals surface area (Å²) >= 11 is 17.3. The van der Waals surface area contributed by atoms with E-state index in [1.54, 1.807) is 53.3 Å². The van der Waals surface area contributed by atoms with Crippen LogP contribution >= 0.6 is 35.4 Å². The molecule has 0 spiro atoms. The second-order valence-electron chi connectivity index (χ2n) is 5.19. The maximum Gasteiger partial charge on any atom is 0.176 e. The van der Waals surface area contributed by atoms with Gasteiger partial charge >= 0.3 is 0 Å². The van der Waals surface area contributed by atoms with Gasteiger partial charge in [0.05, 0.1) is 17.3 Å². The van der Waals surface area contributed by atoms with Crippen LogP contribution in [0.15, 0.2) is 54.7 Å². The van der Waals surface area contributed by atoms with Gasteiger partial charge in [0, 0.05) is 22.8 Å². The second kappa shape index (κ2) is 7.82. The largest absolute Gasteiger partial charge is 0.331 e. The van der Waals surface area contributed by atoms with E-state index in [0.717, 1.165) is 0 Å². The highest BCUT2D eigenvalue weighted by Gasteiger charge is 2.07. The van der Waals surface area contributed by atoms with E-state index in [4.69, 9.17) is 35.4 Å². The maximum absolute atomic E-state index is 13.7. The fourth-order valence-electron chi connectivity index (χ4n) is 2.18. The van der Waals surface area contributed by atoms with Gasteiger partial charge in [-0.05, 0) is 36.5 Å². The molecule has 0 amide bonds. The van der Waals surface area contributed by atoms with Crippen LogP contribution in [0.4, 0.5) is 15.9 Å². The van der Waals surface area contributed by atoms with E-state index >= 15 is 0 Å². The average molecular weight is 395 g/mol. The van der Waals surface area contributed by atoms with Crippen LogP contribution in [0.1, 0.15) is 5.56 Å². The quantitative estimate of drug-likeness (QED) is 0.597. The first-order valence-electron chi connectivity index (χ1n) is 7.31. The van der Waals surface area contributed by atoms with Crippen molar-refractivity contribution in [2.24, 2.45) is 0 Å². The van der Waals surface area contributed by atoms with Crippen molar-refractivity contribution in [3.05, 3.63) is 76.2 Å². The van der Waals surface area contributed by atoms with E-state index in [0.29, 0.717) is 38.8 Å². The fourth-order valence-corrected chi connectivity index (χ4v) is 2.73. The van der Waals surface area contributed by atoms with Crippen molar-refractivity contribution in [3.63, 3.8) is 0 Å². The van der Waals surface area contributed by atoms with Gasteiger partial charge in [-0.25, -0.2) is 4.39 Å². The molecule has 25 heavy (non-hydrogen) atoms. The molecule has 0 radical (unpaired) electrons. The Labute approximate surface area is 159 Å². The number of hydrogen-bond donors (Lipinski definition) is 2. The first kappa shape index (κ1) is 17.7.